The van der Waals surface area contributed by atoms with Crippen LogP contribution in [0.25, 0.3) is 0 Å². The summed E-state index contributed by atoms with van der Waals surface area (Å²) in [5, 5.41) is 4.21. The van der Waals surface area contributed by atoms with Gasteiger partial charge in [-0.15, -0.1) is 0 Å². The largest absolute Gasteiger partial charge is 0.328 e. The van der Waals surface area contributed by atoms with Crippen molar-refractivity contribution in [3.8, 4) is 0 Å². The van der Waals surface area contributed by atoms with Crippen LogP contribution in [0.2, 0.25) is 0 Å². The first kappa shape index (κ1) is 17.3. The highest BCUT2D eigenvalue weighted by Crippen LogP contribution is 2.09. The molecular weight excluding hydrogens is 272 g/mol. The Hall–Kier alpha value is -1.76. The van der Waals surface area contributed by atoms with Gasteiger partial charge in [0.2, 0.25) is 11.8 Å². The molecule has 1 heterocycles. The lowest BCUT2D eigenvalue weighted by atomic mass is 9.97. The summed E-state index contributed by atoms with van der Waals surface area (Å²) in [7, 11) is 0. The van der Waals surface area contributed by atoms with E-state index in [1.54, 1.807) is 0 Å². The maximum Gasteiger partial charge on any atom is 0.328 e. The average Bonchev–Trinajstić information content (AvgIpc) is 2.44. The maximum atomic E-state index is 11.8. The highest BCUT2D eigenvalue weighted by Gasteiger charge is 2.37. The molecular formula is C14H24N4O3. The fourth-order valence-electron chi connectivity index (χ4n) is 2.29. The van der Waals surface area contributed by atoms with Crippen LogP contribution in [0.5, 0.6) is 0 Å². The molecule has 1 fully saturated rings. The summed E-state index contributed by atoms with van der Waals surface area (Å²) >= 11 is 0. The standard InChI is InChI=1S/C14H24N4O3/c1-4-10(15-8-7-9-18(5-2)6-3)11-12(19)16-14(21)17-13(11)20/h11H,4-9H2,1-3H3,(H2,16,17,19,20,21). The van der Waals surface area contributed by atoms with E-state index in [4.69, 9.17) is 0 Å². The van der Waals surface area contributed by atoms with Gasteiger partial charge in [-0.05, 0) is 32.5 Å². The normalized spacial score (nSPS) is 17.1. The van der Waals surface area contributed by atoms with Gasteiger partial charge in [-0.1, -0.05) is 20.8 Å². The molecule has 21 heavy (non-hydrogen) atoms. The number of hydrogen-bond donors (Lipinski definition) is 2. The van der Waals surface area contributed by atoms with Crippen LogP contribution >= 0.6 is 0 Å². The summed E-state index contributed by atoms with van der Waals surface area (Å²) in [6.07, 6.45) is 1.38. The maximum absolute atomic E-state index is 11.8. The van der Waals surface area contributed by atoms with E-state index >= 15 is 0 Å². The van der Waals surface area contributed by atoms with Crippen LogP contribution in [0.4, 0.5) is 4.79 Å². The molecule has 2 N–H and O–H groups in total. The Morgan fingerprint density at radius 2 is 1.67 bits per heavy atom. The second kappa shape index (κ2) is 8.51. The fraction of sp³-hybridized carbons (Fsp3) is 0.714. The van der Waals surface area contributed by atoms with Gasteiger partial charge in [0.25, 0.3) is 0 Å². The molecule has 0 atom stereocenters. The first-order chi connectivity index (χ1) is 10.0. The van der Waals surface area contributed by atoms with Crippen LogP contribution in [0.15, 0.2) is 4.99 Å². The molecule has 1 aliphatic heterocycles. The minimum Gasteiger partial charge on any atom is -0.304 e. The Morgan fingerprint density at radius 3 is 2.14 bits per heavy atom. The molecule has 0 aliphatic carbocycles. The Kier molecular flexibility index (Phi) is 7.01. The highest BCUT2D eigenvalue weighted by atomic mass is 16.2. The minimum atomic E-state index is -0.985. The first-order valence-electron chi connectivity index (χ1n) is 7.44. The minimum absolute atomic E-state index is 0.505. The predicted octanol–water partition coefficient (Wildman–Crippen LogP) is 0.552. The third-order valence-corrected chi connectivity index (χ3v) is 3.54. The van der Waals surface area contributed by atoms with Crippen molar-refractivity contribution in [3.63, 3.8) is 0 Å². The number of nitrogens with zero attached hydrogens (tertiary/aromatic N) is 2. The topological polar surface area (TPSA) is 90.9 Å². The van der Waals surface area contributed by atoms with E-state index in [1.807, 2.05) is 6.92 Å². The van der Waals surface area contributed by atoms with Crippen molar-refractivity contribution in [1.29, 1.82) is 0 Å². The molecule has 1 rings (SSSR count). The summed E-state index contributed by atoms with van der Waals surface area (Å²) in [6.45, 7) is 9.57. The van der Waals surface area contributed by atoms with Gasteiger partial charge in [0.1, 0.15) is 0 Å². The van der Waals surface area contributed by atoms with Gasteiger partial charge in [0, 0.05) is 12.3 Å². The molecule has 0 aromatic heterocycles. The molecule has 0 radical (unpaired) electrons. The van der Waals surface area contributed by atoms with Gasteiger partial charge in [-0.2, -0.15) is 0 Å². The van der Waals surface area contributed by atoms with Gasteiger partial charge in [-0.3, -0.25) is 25.2 Å². The van der Waals surface area contributed by atoms with Crippen molar-refractivity contribution in [2.45, 2.75) is 33.6 Å². The fourth-order valence-corrected chi connectivity index (χ4v) is 2.29. The lowest BCUT2D eigenvalue weighted by Gasteiger charge is -2.22. The lowest BCUT2D eigenvalue weighted by Crippen LogP contribution is -2.57. The number of hydrogen-bond acceptors (Lipinski definition) is 5. The number of barbiturate groups is 1. The van der Waals surface area contributed by atoms with Crippen LogP contribution in [-0.4, -0.2) is 54.6 Å². The van der Waals surface area contributed by atoms with Crippen molar-refractivity contribution in [2.75, 3.05) is 26.2 Å². The van der Waals surface area contributed by atoms with E-state index < -0.39 is 23.8 Å². The molecule has 0 aromatic rings. The SMILES string of the molecule is CCC(=NCCCN(CC)CC)C1C(=O)NC(=O)NC1=O. The zero-order valence-electron chi connectivity index (χ0n) is 12.9. The van der Waals surface area contributed by atoms with E-state index in [2.05, 4.69) is 34.4 Å². The molecule has 0 spiro atoms. The van der Waals surface area contributed by atoms with Crippen molar-refractivity contribution in [2.24, 2.45) is 10.9 Å². The van der Waals surface area contributed by atoms with Crippen LogP contribution in [-0.2, 0) is 9.59 Å². The third-order valence-electron chi connectivity index (χ3n) is 3.54. The van der Waals surface area contributed by atoms with Crippen LogP contribution < -0.4 is 10.6 Å². The molecule has 0 aromatic carbocycles. The molecule has 1 aliphatic rings. The average molecular weight is 296 g/mol. The van der Waals surface area contributed by atoms with E-state index in [0.29, 0.717) is 18.7 Å². The monoisotopic (exact) mass is 296 g/mol. The van der Waals surface area contributed by atoms with E-state index in [9.17, 15) is 14.4 Å². The zero-order chi connectivity index (χ0) is 15.8. The third kappa shape index (κ3) is 4.93. The number of carbonyl (C=O) groups is 3. The smallest absolute Gasteiger partial charge is 0.304 e. The van der Waals surface area contributed by atoms with Crippen LogP contribution in [0, 0.1) is 5.92 Å². The molecule has 7 heteroatoms. The quantitative estimate of drug-likeness (QED) is 0.389. The summed E-state index contributed by atoms with van der Waals surface area (Å²) in [6, 6.07) is -0.766. The van der Waals surface area contributed by atoms with Crippen molar-refractivity contribution in [3.05, 3.63) is 0 Å². The lowest BCUT2D eigenvalue weighted by molar-refractivity contribution is -0.132. The van der Waals surface area contributed by atoms with E-state index in [1.165, 1.54) is 0 Å². The number of urea groups is 1. The number of nitrogens with one attached hydrogen (secondary N) is 2. The van der Waals surface area contributed by atoms with Crippen molar-refractivity contribution >= 4 is 23.6 Å². The highest BCUT2D eigenvalue weighted by molar-refractivity contribution is 6.27. The summed E-state index contributed by atoms with van der Waals surface area (Å²) < 4.78 is 0. The number of aliphatic imine (C=N–C) groups is 1. The Balaban J connectivity index is 2.60. The molecule has 118 valence electrons. The summed E-state index contributed by atoms with van der Waals surface area (Å²) in [5.41, 5.74) is 0.525. The Bertz CT molecular complexity index is 410. The van der Waals surface area contributed by atoms with Gasteiger partial charge in [-0.25, -0.2) is 4.79 Å². The van der Waals surface area contributed by atoms with Crippen molar-refractivity contribution < 1.29 is 14.4 Å². The Morgan fingerprint density at radius 1 is 1.10 bits per heavy atom. The second-order valence-electron chi connectivity index (χ2n) is 4.85. The second-order valence-corrected chi connectivity index (χ2v) is 4.85. The number of amides is 4. The van der Waals surface area contributed by atoms with Gasteiger partial charge < -0.3 is 4.90 Å². The number of carbonyl (C=O) groups excluding carboxylic acids is 3. The van der Waals surface area contributed by atoms with Gasteiger partial charge in [0.15, 0.2) is 5.92 Å². The van der Waals surface area contributed by atoms with Crippen molar-refractivity contribution in [1.82, 2.24) is 15.5 Å². The van der Waals surface area contributed by atoms with Gasteiger partial charge in [0.05, 0.1) is 0 Å². The van der Waals surface area contributed by atoms with Crippen LogP contribution in [0.3, 0.4) is 0 Å². The van der Waals surface area contributed by atoms with Crippen LogP contribution in [0.1, 0.15) is 33.6 Å². The summed E-state index contributed by atoms with van der Waals surface area (Å²) in [4.78, 5) is 41.2. The first-order valence-corrected chi connectivity index (χ1v) is 7.44. The molecule has 0 unspecified atom stereocenters. The van der Waals surface area contributed by atoms with Gasteiger partial charge >= 0.3 is 6.03 Å². The Labute approximate surface area is 125 Å². The number of rotatable bonds is 8. The molecule has 7 nitrogen and oxygen atoms in total. The van der Waals surface area contributed by atoms with E-state index in [-0.39, 0.29) is 0 Å². The summed E-state index contributed by atoms with van der Waals surface area (Å²) in [5.74, 6) is -2.16. The molecule has 1 saturated heterocycles. The van der Waals surface area contributed by atoms with E-state index in [0.717, 1.165) is 26.1 Å². The predicted molar refractivity (Wildman–Crippen MR) is 80.2 cm³/mol. The zero-order valence-corrected chi connectivity index (χ0v) is 12.9. The molecule has 0 bridgehead atoms. The molecule has 0 saturated carbocycles. The molecule has 4 amide bonds. The number of imide groups is 2.